The molecule has 1 N–H and O–H groups in total. The van der Waals surface area contributed by atoms with Gasteiger partial charge in [-0.25, -0.2) is 0 Å². The molecular weight excluding hydrogens is 396 g/mol. The molecule has 1 aromatic heterocycles. The lowest BCUT2D eigenvalue weighted by molar-refractivity contribution is 0.0951. The average Bonchev–Trinajstić information content (AvgIpc) is 2.81. The highest BCUT2D eigenvalue weighted by atomic mass is 32.2. The largest absolute Gasteiger partial charge is 0.493 e. The van der Waals surface area contributed by atoms with Crippen molar-refractivity contribution in [1.29, 1.82) is 0 Å². The zero-order chi connectivity index (χ0) is 21.2. The number of ether oxygens (including phenoxy) is 2. The van der Waals surface area contributed by atoms with Gasteiger partial charge in [0, 0.05) is 35.2 Å². The molecule has 0 aliphatic rings. The van der Waals surface area contributed by atoms with Gasteiger partial charge in [0.25, 0.3) is 5.91 Å². The van der Waals surface area contributed by atoms with E-state index in [-0.39, 0.29) is 12.5 Å². The van der Waals surface area contributed by atoms with E-state index in [1.54, 1.807) is 31.1 Å². The Hall–Kier alpha value is -3.43. The van der Waals surface area contributed by atoms with Crippen molar-refractivity contribution >= 4 is 17.7 Å². The molecular formula is C24H22N2O3S. The van der Waals surface area contributed by atoms with Gasteiger partial charge in [-0.3, -0.25) is 9.78 Å². The lowest BCUT2D eigenvalue weighted by Gasteiger charge is -2.11. The van der Waals surface area contributed by atoms with E-state index in [1.807, 2.05) is 54.7 Å². The van der Waals surface area contributed by atoms with Crippen molar-refractivity contribution < 1.29 is 14.3 Å². The second-order valence-corrected chi connectivity index (χ2v) is 7.38. The monoisotopic (exact) mass is 418 g/mol. The molecule has 1 amide bonds. The van der Waals surface area contributed by atoms with Crippen molar-refractivity contribution in [1.82, 2.24) is 10.3 Å². The Morgan fingerprint density at radius 1 is 1.13 bits per heavy atom. The normalized spacial score (nSPS) is 10.1. The van der Waals surface area contributed by atoms with Crippen molar-refractivity contribution in [3.63, 3.8) is 0 Å². The Morgan fingerprint density at radius 3 is 2.67 bits per heavy atom. The van der Waals surface area contributed by atoms with Gasteiger partial charge in [-0.1, -0.05) is 18.1 Å². The van der Waals surface area contributed by atoms with E-state index in [0.29, 0.717) is 23.6 Å². The number of terminal acetylenes is 1. The highest BCUT2D eigenvalue weighted by molar-refractivity contribution is 7.98. The van der Waals surface area contributed by atoms with Crippen molar-refractivity contribution in [2.75, 3.05) is 13.7 Å². The van der Waals surface area contributed by atoms with Crippen LogP contribution in [0.3, 0.4) is 0 Å². The third-order valence-corrected chi connectivity index (χ3v) is 5.32. The minimum Gasteiger partial charge on any atom is -0.493 e. The summed E-state index contributed by atoms with van der Waals surface area (Å²) in [6, 6.07) is 17.0. The summed E-state index contributed by atoms with van der Waals surface area (Å²) in [5.41, 5.74) is 2.66. The second-order valence-electron chi connectivity index (χ2n) is 6.34. The maximum atomic E-state index is 12.5. The number of methoxy groups -OCH3 is 1. The van der Waals surface area contributed by atoms with Gasteiger partial charge in [-0.05, 0) is 53.6 Å². The van der Waals surface area contributed by atoms with Crippen molar-refractivity contribution in [2.24, 2.45) is 0 Å². The number of carbonyl (C=O) groups is 1. The molecule has 0 aliphatic carbocycles. The first-order chi connectivity index (χ1) is 14.7. The lowest BCUT2D eigenvalue weighted by Crippen LogP contribution is -2.22. The molecule has 5 nitrogen and oxygen atoms in total. The number of nitrogens with one attached hydrogen (secondary N) is 1. The van der Waals surface area contributed by atoms with Gasteiger partial charge in [0.1, 0.15) is 6.61 Å². The van der Waals surface area contributed by atoms with Crippen LogP contribution in [0.2, 0.25) is 0 Å². The Balaban J connectivity index is 1.55. The van der Waals surface area contributed by atoms with Crippen molar-refractivity contribution in [2.45, 2.75) is 17.2 Å². The maximum absolute atomic E-state index is 12.5. The van der Waals surface area contributed by atoms with E-state index in [2.05, 4.69) is 16.2 Å². The predicted octanol–water partition coefficient (Wildman–Crippen LogP) is 4.32. The molecule has 0 bridgehead atoms. The number of rotatable bonds is 9. The maximum Gasteiger partial charge on any atom is 0.251 e. The number of nitrogens with zero attached hydrogens (tertiary/aromatic N) is 1. The summed E-state index contributed by atoms with van der Waals surface area (Å²) >= 11 is 1.70. The Bertz CT molecular complexity index is 1010. The van der Waals surface area contributed by atoms with E-state index in [0.717, 1.165) is 21.8 Å². The highest BCUT2D eigenvalue weighted by Crippen LogP contribution is 2.28. The van der Waals surface area contributed by atoms with E-state index in [1.165, 1.54) is 0 Å². The smallest absolute Gasteiger partial charge is 0.251 e. The quantitative estimate of drug-likeness (QED) is 0.414. The molecule has 6 heteroatoms. The fourth-order valence-corrected chi connectivity index (χ4v) is 3.53. The predicted molar refractivity (Wildman–Crippen MR) is 119 cm³/mol. The summed E-state index contributed by atoms with van der Waals surface area (Å²) in [7, 11) is 1.57. The lowest BCUT2D eigenvalue weighted by atomic mass is 10.1. The first-order valence-electron chi connectivity index (χ1n) is 9.32. The van der Waals surface area contributed by atoms with Crippen LogP contribution in [0.25, 0.3) is 0 Å². The number of hydrogen-bond donors (Lipinski definition) is 1. The van der Waals surface area contributed by atoms with Crippen LogP contribution in [-0.2, 0) is 12.3 Å². The molecule has 152 valence electrons. The van der Waals surface area contributed by atoms with Crippen LogP contribution in [0.1, 0.15) is 21.5 Å². The number of aromatic nitrogens is 1. The van der Waals surface area contributed by atoms with Crippen LogP contribution in [0.5, 0.6) is 11.5 Å². The summed E-state index contributed by atoms with van der Waals surface area (Å²) in [6.07, 6.45) is 8.87. The Kier molecular flexibility index (Phi) is 7.76. The van der Waals surface area contributed by atoms with Crippen LogP contribution in [0.4, 0.5) is 0 Å². The molecule has 0 atom stereocenters. The molecule has 0 unspecified atom stereocenters. The van der Waals surface area contributed by atoms with Crippen LogP contribution < -0.4 is 14.8 Å². The summed E-state index contributed by atoms with van der Waals surface area (Å²) in [5.74, 6) is 4.28. The van der Waals surface area contributed by atoms with E-state index in [4.69, 9.17) is 15.9 Å². The number of benzene rings is 2. The van der Waals surface area contributed by atoms with E-state index in [9.17, 15) is 4.79 Å². The van der Waals surface area contributed by atoms with Crippen molar-refractivity contribution in [3.8, 4) is 23.8 Å². The van der Waals surface area contributed by atoms with Gasteiger partial charge < -0.3 is 14.8 Å². The average molecular weight is 419 g/mol. The van der Waals surface area contributed by atoms with E-state index >= 15 is 0 Å². The molecule has 0 aliphatic heterocycles. The van der Waals surface area contributed by atoms with Gasteiger partial charge in [0.05, 0.1) is 7.11 Å². The van der Waals surface area contributed by atoms with Crippen LogP contribution in [0.15, 0.2) is 71.9 Å². The van der Waals surface area contributed by atoms with Gasteiger partial charge >= 0.3 is 0 Å². The summed E-state index contributed by atoms with van der Waals surface area (Å²) in [4.78, 5) is 17.7. The first kappa shape index (κ1) is 21.3. The number of amides is 1. The number of pyridine rings is 1. The molecule has 3 aromatic rings. The molecule has 0 radical (unpaired) electrons. The van der Waals surface area contributed by atoms with Gasteiger partial charge in [-0.2, -0.15) is 0 Å². The molecule has 3 rings (SSSR count). The number of hydrogen-bond acceptors (Lipinski definition) is 5. The summed E-state index contributed by atoms with van der Waals surface area (Å²) in [5, 5.41) is 2.92. The molecule has 1 heterocycles. The number of thioether (sulfide) groups is 1. The van der Waals surface area contributed by atoms with Crippen LogP contribution in [-0.4, -0.2) is 24.6 Å². The van der Waals surface area contributed by atoms with E-state index < -0.39 is 0 Å². The van der Waals surface area contributed by atoms with Gasteiger partial charge in [0.15, 0.2) is 11.5 Å². The number of carbonyl (C=O) groups excluding carboxylic acids is 1. The molecule has 0 fully saturated rings. The molecule has 0 saturated carbocycles. The fourth-order valence-electron chi connectivity index (χ4n) is 2.70. The summed E-state index contributed by atoms with van der Waals surface area (Å²) < 4.78 is 10.8. The fraction of sp³-hybridized carbons (Fsp3) is 0.167. The zero-order valence-corrected chi connectivity index (χ0v) is 17.4. The third kappa shape index (κ3) is 6.03. The third-order valence-electron chi connectivity index (χ3n) is 4.24. The topological polar surface area (TPSA) is 60.5 Å². The SMILES string of the molecule is C#CCOc1cc(CNC(=O)c2ccc(SCc3cccnc3)cc2)ccc1OC. The molecule has 0 saturated heterocycles. The first-order valence-corrected chi connectivity index (χ1v) is 10.3. The minimum atomic E-state index is -0.138. The molecule has 30 heavy (non-hydrogen) atoms. The Morgan fingerprint density at radius 2 is 1.97 bits per heavy atom. The highest BCUT2D eigenvalue weighted by Gasteiger charge is 2.09. The van der Waals surface area contributed by atoms with Gasteiger partial charge in [0.2, 0.25) is 0 Å². The Labute approximate surface area is 180 Å². The summed E-state index contributed by atoms with van der Waals surface area (Å²) in [6.45, 7) is 0.518. The molecule has 2 aromatic carbocycles. The second kappa shape index (κ2) is 10.9. The van der Waals surface area contributed by atoms with Gasteiger partial charge in [-0.15, -0.1) is 18.2 Å². The van der Waals surface area contributed by atoms with Crippen LogP contribution >= 0.6 is 11.8 Å². The zero-order valence-electron chi connectivity index (χ0n) is 16.6. The van der Waals surface area contributed by atoms with Crippen molar-refractivity contribution in [3.05, 3.63) is 83.7 Å². The minimum absolute atomic E-state index is 0.138. The van der Waals surface area contributed by atoms with Crippen LogP contribution in [0, 0.1) is 12.3 Å². The molecule has 0 spiro atoms. The standard InChI is InChI=1S/C24H22N2O3S/c1-3-13-29-23-14-18(6-11-22(23)28-2)16-26-24(27)20-7-9-21(10-8-20)30-17-19-5-4-12-25-15-19/h1,4-12,14-15H,13,16-17H2,2H3,(H,26,27).